The van der Waals surface area contributed by atoms with Gasteiger partial charge < -0.3 is 19.5 Å². The van der Waals surface area contributed by atoms with E-state index in [0.717, 1.165) is 47.2 Å². The first-order chi connectivity index (χ1) is 12.6. The average molecular weight is 376 g/mol. The van der Waals surface area contributed by atoms with Crippen LogP contribution in [0.5, 0.6) is 11.5 Å². The molecule has 0 bridgehead atoms. The van der Waals surface area contributed by atoms with Crippen molar-refractivity contribution in [1.29, 1.82) is 0 Å². The van der Waals surface area contributed by atoms with Crippen LogP contribution in [0.15, 0.2) is 18.2 Å². The van der Waals surface area contributed by atoms with Crippen LogP contribution in [0.4, 0.5) is 5.13 Å². The summed E-state index contributed by atoms with van der Waals surface area (Å²) < 4.78 is 10.7. The molecule has 26 heavy (non-hydrogen) atoms. The molecule has 7 heteroatoms. The standard InChI is InChI=1S/C19H24N2O4S/c1-24-14-8-7-13(11-15(14)25-2)18-16(12-17(22)23)26-19(20-18)21-9-5-3-4-6-10-21/h7-8,11H,3-6,9-10,12H2,1-2H3,(H,22,23). The number of hydrogen-bond acceptors (Lipinski definition) is 6. The first-order valence-electron chi connectivity index (χ1n) is 8.81. The molecule has 3 rings (SSSR count). The van der Waals surface area contributed by atoms with E-state index in [2.05, 4.69) is 4.90 Å². The topological polar surface area (TPSA) is 71.9 Å². The van der Waals surface area contributed by atoms with E-state index in [1.165, 1.54) is 24.2 Å². The number of rotatable bonds is 6. The van der Waals surface area contributed by atoms with Crippen molar-refractivity contribution in [2.24, 2.45) is 0 Å². The Morgan fingerprint density at radius 2 is 1.85 bits per heavy atom. The van der Waals surface area contributed by atoms with E-state index < -0.39 is 5.97 Å². The van der Waals surface area contributed by atoms with Gasteiger partial charge in [-0.3, -0.25) is 4.79 Å². The number of aliphatic carboxylic acids is 1. The van der Waals surface area contributed by atoms with Gasteiger partial charge in [-0.05, 0) is 31.0 Å². The van der Waals surface area contributed by atoms with Crippen molar-refractivity contribution in [3.8, 4) is 22.8 Å². The van der Waals surface area contributed by atoms with E-state index in [1.54, 1.807) is 14.2 Å². The lowest BCUT2D eigenvalue weighted by Gasteiger charge is -2.18. The molecule has 0 amide bonds. The van der Waals surface area contributed by atoms with Gasteiger partial charge in [-0.2, -0.15) is 0 Å². The maximum Gasteiger partial charge on any atom is 0.308 e. The van der Waals surface area contributed by atoms with Gasteiger partial charge in [-0.1, -0.05) is 12.8 Å². The van der Waals surface area contributed by atoms with Crippen LogP contribution < -0.4 is 14.4 Å². The molecule has 1 N–H and O–H groups in total. The Balaban J connectivity index is 2.00. The summed E-state index contributed by atoms with van der Waals surface area (Å²) in [6, 6.07) is 5.57. The summed E-state index contributed by atoms with van der Waals surface area (Å²) in [6.45, 7) is 1.96. The Labute approximate surface area is 157 Å². The van der Waals surface area contributed by atoms with Gasteiger partial charge in [0.05, 0.1) is 26.3 Å². The molecule has 0 spiro atoms. The van der Waals surface area contributed by atoms with Crippen LogP contribution in [-0.4, -0.2) is 43.4 Å². The number of carbonyl (C=O) groups is 1. The van der Waals surface area contributed by atoms with E-state index in [9.17, 15) is 9.90 Å². The molecule has 2 heterocycles. The number of anilines is 1. The fourth-order valence-electron chi connectivity index (χ4n) is 3.20. The number of methoxy groups -OCH3 is 2. The summed E-state index contributed by atoms with van der Waals surface area (Å²) in [7, 11) is 3.18. The van der Waals surface area contributed by atoms with Gasteiger partial charge in [0.1, 0.15) is 0 Å². The zero-order chi connectivity index (χ0) is 18.5. The quantitative estimate of drug-likeness (QED) is 0.826. The molecule has 0 unspecified atom stereocenters. The summed E-state index contributed by atoms with van der Waals surface area (Å²) in [6.07, 6.45) is 4.76. The van der Waals surface area contributed by atoms with Crippen LogP contribution >= 0.6 is 11.3 Å². The average Bonchev–Trinajstić information content (AvgIpc) is 2.86. The highest BCUT2D eigenvalue weighted by Gasteiger charge is 2.21. The molecule has 0 saturated carbocycles. The van der Waals surface area contributed by atoms with E-state index in [1.807, 2.05) is 18.2 Å². The zero-order valence-corrected chi connectivity index (χ0v) is 16.0. The van der Waals surface area contributed by atoms with E-state index in [-0.39, 0.29) is 6.42 Å². The third kappa shape index (κ3) is 4.09. The SMILES string of the molecule is COc1ccc(-c2nc(N3CCCCCC3)sc2CC(=O)O)cc1OC. The molecule has 0 atom stereocenters. The smallest absolute Gasteiger partial charge is 0.308 e. The second-order valence-corrected chi connectivity index (χ2v) is 7.37. The lowest BCUT2D eigenvalue weighted by Crippen LogP contribution is -2.23. The Hall–Kier alpha value is -2.28. The monoisotopic (exact) mass is 376 g/mol. The van der Waals surface area contributed by atoms with Gasteiger partial charge in [0.25, 0.3) is 0 Å². The van der Waals surface area contributed by atoms with Crippen LogP contribution in [0.3, 0.4) is 0 Å². The number of carboxylic acids is 1. The van der Waals surface area contributed by atoms with E-state index in [4.69, 9.17) is 14.5 Å². The fourth-order valence-corrected chi connectivity index (χ4v) is 4.33. The third-order valence-electron chi connectivity index (χ3n) is 4.53. The number of carboxylic acid groups (broad SMARTS) is 1. The molecule has 0 aliphatic carbocycles. The Bertz CT molecular complexity index is 767. The van der Waals surface area contributed by atoms with Crippen molar-refractivity contribution in [3.05, 3.63) is 23.1 Å². The second kappa shape index (κ2) is 8.40. The van der Waals surface area contributed by atoms with Crippen LogP contribution in [-0.2, 0) is 11.2 Å². The predicted molar refractivity (Wildman–Crippen MR) is 103 cm³/mol. The minimum Gasteiger partial charge on any atom is -0.493 e. The molecule has 2 aromatic rings. The van der Waals surface area contributed by atoms with Crippen molar-refractivity contribution < 1.29 is 19.4 Å². The fraction of sp³-hybridized carbons (Fsp3) is 0.474. The normalized spacial score (nSPS) is 14.8. The summed E-state index contributed by atoms with van der Waals surface area (Å²) in [5, 5.41) is 10.2. The van der Waals surface area contributed by atoms with Gasteiger partial charge in [-0.15, -0.1) is 11.3 Å². The maximum atomic E-state index is 11.3. The first-order valence-corrected chi connectivity index (χ1v) is 9.63. The Kier molecular flexibility index (Phi) is 5.98. The van der Waals surface area contributed by atoms with Gasteiger partial charge >= 0.3 is 5.97 Å². The molecule has 6 nitrogen and oxygen atoms in total. The molecule has 140 valence electrons. The molecule has 1 fully saturated rings. The van der Waals surface area contributed by atoms with E-state index >= 15 is 0 Å². The summed E-state index contributed by atoms with van der Waals surface area (Å²) in [5.41, 5.74) is 1.56. The minimum absolute atomic E-state index is 0.0326. The molecule has 1 saturated heterocycles. The first kappa shape index (κ1) is 18.5. The van der Waals surface area contributed by atoms with Crippen LogP contribution in [0.25, 0.3) is 11.3 Å². The number of benzene rings is 1. The zero-order valence-electron chi connectivity index (χ0n) is 15.2. The van der Waals surface area contributed by atoms with Crippen LogP contribution in [0.1, 0.15) is 30.6 Å². The highest BCUT2D eigenvalue weighted by molar-refractivity contribution is 7.16. The largest absolute Gasteiger partial charge is 0.493 e. The van der Waals surface area contributed by atoms with Crippen molar-refractivity contribution in [3.63, 3.8) is 0 Å². The molecule has 1 aliphatic rings. The number of ether oxygens (including phenoxy) is 2. The molecule has 1 aliphatic heterocycles. The minimum atomic E-state index is -0.849. The number of hydrogen-bond donors (Lipinski definition) is 1. The molecule has 1 aromatic heterocycles. The number of thiazole rings is 1. The predicted octanol–water partition coefficient (Wildman–Crippen LogP) is 3.83. The van der Waals surface area contributed by atoms with Crippen molar-refractivity contribution in [2.75, 3.05) is 32.2 Å². The van der Waals surface area contributed by atoms with E-state index in [0.29, 0.717) is 11.5 Å². The summed E-state index contributed by atoms with van der Waals surface area (Å²) in [4.78, 5) is 19.2. The summed E-state index contributed by atoms with van der Waals surface area (Å²) >= 11 is 1.48. The summed E-state index contributed by atoms with van der Waals surface area (Å²) in [5.74, 6) is 0.396. The highest BCUT2D eigenvalue weighted by atomic mass is 32.1. The van der Waals surface area contributed by atoms with Crippen molar-refractivity contribution in [2.45, 2.75) is 32.1 Å². The van der Waals surface area contributed by atoms with Crippen molar-refractivity contribution >= 4 is 22.4 Å². The molecule has 0 radical (unpaired) electrons. The third-order valence-corrected chi connectivity index (χ3v) is 5.65. The van der Waals surface area contributed by atoms with Crippen LogP contribution in [0, 0.1) is 0 Å². The Morgan fingerprint density at radius 3 is 2.46 bits per heavy atom. The molecular formula is C19H24N2O4S. The van der Waals surface area contributed by atoms with Gasteiger partial charge in [0, 0.05) is 23.5 Å². The highest BCUT2D eigenvalue weighted by Crippen LogP contribution is 2.38. The number of nitrogens with zero attached hydrogens (tertiary/aromatic N) is 2. The van der Waals surface area contributed by atoms with Gasteiger partial charge in [-0.25, -0.2) is 4.98 Å². The Morgan fingerprint density at radius 1 is 1.15 bits per heavy atom. The van der Waals surface area contributed by atoms with Gasteiger partial charge in [0.2, 0.25) is 0 Å². The van der Waals surface area contributed by atoms with Crippen LogP contribution in [0.2, 0.25) is 0 Å². The van der Waals surface area contributed by atoms with Crippen molar-refractivity contribution in [1.82, 2.24) is 4.98 Å². The lowest BCUT2D eigenvalue weighted by atomic mass is 10.1. The maximum absolute atomic E-state index is 11.3. The molecule has 1 aromatic carbocycles. The second-order valence-electron chi connectivity index (χ2n) is 6.31. The lowest BCUT2D eigenvalue weighted by molar-refractivity contribution is -0.136. The number of aromatic nitrogens is 1. The van der Waals surface area contributed by atoms with Gasteiger partial charge in [0.15, 0.2) is 16.6 Å². The molecular weight excluding hydrogens is 352 g/mol.